The highest BCUT2D eigenvalue weighted by molar-refractivity contribution is 14.0. The van der Waals surface area contributed by atoms with E-state index in [4.69, 9.17) is 9.47 Å². The van der Waals surface area contributed by atoms with Gasteiger partial charge in [0.15, 0.2) is 5.96 Å². The van der Waals surface area contributed by atoms with Crippen molar-refractivity contribution < 1.29 is 22.6 Å². The van der Waals surface area contributed by atoms with Crippen molar-refractivity contribution in [2.45, 2.75) is 44.4 Å². The molecule has 0 radical (unpaired) electrons. The maximum absolute atomic E-state index is 12.0. The van der Waals surface area contributed by atoms with Gasteiger partial charge >= 0.3 is 6.18 Å². The zero-order valence-electron chi connectivity index (χ0n) is 13.5. The fraction of sp³-hybridized carbons (Fsp3) is 0.929. The van der Waals surface area contributed by atoms with Crippen LogP contribution in [0.15, 0.2) is 4.99 Å². The predicted molar refractivity (Wildman–Crippen MR) is 94.5 cm³/mol. The Labute approximate surface area is 152 Å². The minimum atomic E-state index is -4.07. The number of alkyl halides is 3. The van der Waals surface area contributed by atoms with Gasteiger partial charge < -0.3 is 20.1 Å². The van der Waals surface area contributed by atoms with Gasteiger partial charge in [-0.05, 0) is 25.7 Å². The van der Waals surface area contributed by atoms with Gasteiger partial charge in [-0.15, -0.1) is 24.0 Å². The Morgan fingerprint density at radius 1 is 1.22 bits per heavy atom. The van der Waals surface area contributed by atoms with Crippen molar-refractivity contribution in [3.63, 3.8) is 0 Å². The molecule has 1 heterocycles. The number of halogens is 4. The summed E-state index contributed by atoms with van der Waals surface area (Å²) in [6.07, 6.45) is -2.20. The molecular weight excluding hydrogens is 426 g/mol. The summed E-state index contributed by atoms with van der Waals surface area (Å²) in [4.78, 5) is 4.02. The molecule has 1 aliphatic rings. The first kappa shape index (κ1) is 22.7. The summed E-state index contributed by atoms with van der Waals surface area (Å²) in [6, 6.07) is 0. The lowest BCUT2D eigenvalue weighted by atomic mass is 10.2. The number of guanidine groups is 1. The van der Waals surface area contributed by atoms with Crippen LogP contribution in [0.3, 0.4) is 0 Å². The minimum absolute atomic E-state index is 0. The topological polar surface area (TPSA) is 54.9 Å². The molecule has 5 nitrogen and oxygen atoms in total. The molecule has 1 atom stereocenters. The van der Waals surface area contributed by atoms with Crippen molar-refractivity contribution in [1.82, 2.24) is 10.6 Å². The van der Waals surface area contributed by atoms with Gasteiger partial charge in [-0.1, -0.05) is 0 Å². The van der Waals surface area contributed by atoms with Crippen LogP contribution in [-0.2, 0) is 9.47 Å². The maximum Gasteiger partial charge on any atom is 0.389 e. The lowest BCUT2D eigenvalue weighted by molar-refractivity contribution is -0.135. The summed E-state index contributed by atoms with van der Waals surface area (Å²) in [5.74, 6) is 0.608. The maximum atomic E-state index is 12.0. The molecule has 0 aromatic carbocycles. The Kier molecular flexibility index (Phi) is 12.9. The molecule has 138 valence electrons. The van der Waals surface area contributed by atoms with Crippen LogP contribution in [0.1, 0.15) is 32.1 Å². The molecule has 0 saturated carbocycles. The molecule has 23 heavy (non-hydrogen) atoms. The van der Waals surface area contributed by atoms with E-state index in [9.17, 15) is 13.2 Å². The fourth-order valence-corrected chi connectivity index (χ4v) is 2.05. The first-order valence-corrected chi connectivity index (χ1v) is 7.72. The third-order valence-electron chi connectivity index (χ3n) is 3.26. The van der Waals surface area contributed by atoms with Crippen molar-refractivity contribution in [2.24, 2.45) is 4.99 Å². The quantitative estimate of drug-likeness (QED) is 0.244. The second kappa shape index (κ2) is 13.1. The van der Waals surface area contributed by atoms with Crippen molar-refractivity contribution >= 4 is 29.9 Å². The molecular formula is C14H27F3IN3O2. The summed E-state index contributed by atoms with van der Waals surface area (Å²) in [5, 5.41) is 6.11. The van der Waals surface area contributed by atoms with Gasteiger partial charge in [-0.25, -0.2) is 0 Å². The smallest absolute Gasteiger partial charge is 0.379 e. The van der Waals surface area contributed by atoms with Crippen molar-refractivity contribution in [1.29, 1.82) is 0 Å². The Morgan fingerprint density at radius 3 is 2.48 bits per heavy atom. The highest BCUT2D eigenvalue weighted by Crippen LogP contribution is 2.21. The Hall–Kier alpha value is -0.290. The fourth-order valence-electron chi connectivity index (χ4n) is 2.05. The SMILES string of the molecule is CN=C(NCCCCC(F)(F)F)NCCCOC1CCOC1.I. The summed E-state index contributed by atoms with van der Waals surface area (Å²) in [5.41, 5.74) is 0. The van der Waals surface area contributed by atoms with Crippen LogP contribution in [0.2, 0.25) is 0 Å². The van der Waals surface area contributed by atoms with Crippen LogP contribution < -0.4 is 10.6 Å². The molecule has 1 fully saturated rings. The van der Waals surface area contributed by atoms with Gasteiger partial charge in [0.2, 0.25) is 0 Å². The highest BCUT2D eigenvalue weighted by Gasteiger charge is 2.25. The van der Waals surface area contributed by atoms with Gasteiger partial charge in [-0.2, -0.15) is 13.2 Å². The average molecular weight is 453 g/mol. The zero-order chi connectivity index (χ0) is 16.3. The molecule has 0 spiro atoms. The molecule has 0 aliphatic carbocycles. The molecule has 1 aliphatic heterocycles. The number of hydrogen-bond acceptors (Lipinski definition) is 3. The molecule has 9 heteroatoms. The van der Waals surface area contributed by atoms with Gasteiger partial charge in [-0.3, -0.25) is 4.99 Å². The number of nitrogens with one attached hydrogen (secondary N) is 2. The number of hydrogen-bond donors (Lipinski definition) is 2. The van der Waals surface area contributed by atoms with Gasteiger partial charge in [0.1, 0.15) is 0 Å². The van der Waals surface area contributed by atoms with Crippen LogP contribution in [0.4, 0.5) is 13.2 Å². The van der Waals surface area contributed by atoms with E-state index in [1.54, 1.807) is 7.05 Å². The van der Waals surface area contributed by atoms with E-state index in [1.165, 1.54) is 0 Å². The third kappa shape index (κ3) is 12.8. The molecule has 0 amide bonds. The van der Waals surface area contributed by atoms with E-state index in [2.05, 4.69) is 15.6 Å². The Balaban J connectivity index is 0.00000484. The second-order valence-electron chi connectivity index (χ2n) is 5.21. The second-order valence-corrected chi connectivity index (χ2v) is 5.21. The molecule has 0 aromatic heterocycles. The standard InChI is InChI=1S/C14H26F3N3O2.HI/c1-18-13(19-7-3-2-6-14(15,16)17)20-8-4-9-22-12-5-10-21-11-12;/h12H,2-11H2,1H3,(H2,18,19,20);1H. The van der Waals surface area contributed by atoms with E-state index < -0.39 is 12.6 Å². The van der Waals surface area contributed by atoms with Crippen LogP contribution in [0.5, 0.6) is 0 Å². The average Bonchev–Trinajstić information content (AvgIpc) is 2.96. The highest BCUT2D eigenvalue weighted by atomic mass is 127. The number of rotatable bonds is 9. The monoisotopic (exact) mass is 453 g/mol. The Morgan fingerprint density at radius 2 is 1.91 bits per heavy atom. The summed E-state index contributed by atoms with van der Waals surface area (Å²) in [6.45, 7) is 3.29. The zero-order valence-corrected chi connectivity index (χ0v) is 15.8. The predicted octanol–water partition coefficient (Wildman–Crippen LogP) is 2.70. The largest absolute Gasteiger partial charge is 0.389 e. The third-order valence-corrected chi connectivity index (χ3v) is 3.26. The first-order chi connectivity index (χ1) is 10.5. The molecule has 2 N–H and O–H groups in total. The van der Waals surface area contributed by atoms with Crippen molar-refractivity contribution in [3.8, 4) is 0 Å². The van der Waals surface area contributed by atoms with Gasteiger partial charge in [0.25, 0.3) is 0 Å². The van der Waals surface area contributed by atoms with E-state index >= 15 is 0 Å². The van der Waals surface area contributed by atoms with Crippen LogP contribution in [-0.4, -0.2) is 58.2 Å². The van der Waals surface area contributed by atoms with E-state index in [0.717, 1.165) is 19.4 Å². The lowest BCUT2D eigenvalue weighted by Crippen LogP contribution is -2.38. The van der Waals surface area contributed by atoms with Gasteiger partial charge in [0, 0.05) is 39.8 Å². The lowest BCUT2D eigenvalue weighted by Gasteiger charge is -2.13. The van der Waals surface area contributed by atoms with Gasteiger partial charge in [0.05, 0.1) is 12.7 Å². The van der Waals surface area contributed by atoms with Crippen LogP contribution in [0, 0.1) is 0 Å². The normalized spacial score (nSPS) is 18.6. The number of unbranched alkanes of at least 4 members (excludes halogenated alkanes) is 1. The molecule has 1 unspecified atom stereocenters. The molecule has 0 aromatic rings. The van der Waals surface area contributed by atoms with Crippen molar-refractivity contribution in [2.75, 3.05) is 40.0 Å². The molecule has 1 saturated heterocycles. The first-order valence-electron chi connectivity index (χ1n) is 7.72. The van der Waals surface area contributed by atoms with E-state index in [-0.39, 0.29) is 36.5 Å². The van der Waals surface area contributed by atoms with Crippen LogP contribution >= 0.6 is 24.0 Å². The summed E-state index contributed by atoms with van der Waals surface area (Å²) < 4.78 is 46.8. The number of nitrogens with zero attached hydrogens (tertiary/aromatic N) is 1. The molecule has 1 rings (SSSR count). The van der Waals surface area contributed by atoms with E-state index in [0.29, 0.717) is 38.7 Å². The minimum Gasteiger partial charge on any atom is -0.379 e. The molecule has 0 bridgehead atoms. The van der Waals surface area contributed by atoms with Crippen LogP contribution in [0.25, 0.3) is 0 Å². The van der Waals surface area contributed by atoms with E-state index in [1.807, 2.05) is 0 Å². The Bertz CT molecular complexity index is 325. The number of ether oxygens (including phenoxy) is 2. The number of aliphatic imine (C=N–C) groups is 1. The summed E-state index contributed by atoms with van der Waals surface area (Å²) >= 11 is 0. The summed E-state index contributed by atoms with van der Waals surface area (Å²) in [7, 11) is 1.64. The van der Waals surface area contributed by atoms with Crippen molar-refractivity contribution in [3.05, 3.63) is 0 Å².